The third-order valence-electron chi connectivity index (χ3n) is 7.76. The van der Waals surface area contributed by atoms with Crippen LogP contribution in [-0.2, 0) is 37.5 Å². The van der Waals surface area contributed by atoms with Gasteiger partial charge >= 0.3 is 19.8 Å². The normalized spacial score (nSPS) is 14.3. The van der Waals surface area contributed by atoms with Crippen LogP contribution < -0.4 is 0 Å². The molecule has 0 rings (SSSR count). The van der Waals surface area contributed by atoms with Crippen LogP contribution in [-0.4, -0.2) is 71.5 Å². The highest BCUT2D eigenvalue weighted by Crippen LogP contribution is 2.43. The van der Waals surface area contributed by atoms with Crippen LogP contribution in [0.25, 0.3) is 0 Å². The van der Waals surface area contributed by atoms with E-state index in [9.17, 15) is 28.9 Å². The van der Waals surface area contributed by atoms with Crippen molar-refractivity contribution in [1.29, 1.82) is 0 Å². The Bertz CT molecular complexity index is 951. The minimum Gasteiger partial charge on any atom is -0.462 e. The fraction of sp³-hybridized carbons (Fsp3) is 0.811. The van der Waals surface area contributed by atoms with Gasteiger partial charge in [0, 0.05) is 19.3 Å². The van der Waals surface area contributed by atoms with Gasteiger partial charge in [-0.05, 0) is 44.1 Å². The first kappa shape index (κ1) is 47.1. The number of ether oxygens (including phenoxy) is 2. The molecule has 12 heteroatoms. The Labute approximate surface area is 295 Å². The smallest absolute Gasteiger partial charge is 0.462 e. The van der Waals surface area contributed by atoms with E-state index < -0.39 is 51.8 Å². The molecule has 0 saturated heterocycles. The number of hydrogen-bond donors (Lipinski definition) is 3. The summed E-state index contributed by atoms with van der Waals surface area (Å²) in [6.07, 6.45) is 22.8. The van der Waals surface area contributed by atoms with Gasteiger partial charge in [0.1, 0.15) is 12.7 Å². The van der Waals surface area contributed by atoms with Crippen molar-refractivity contribution in [3.05, 3.63) is 24.3 Å². The van der Waals surface area contributed by atoms with Crippen molar-refractivity contribution in [3.8, 4) is 0 Å². The number of rotatable bonds is 34. The summed E-state index contributed by atoms with van der Waals surface area (Å²) in [5.74, 6) is -0.189. The second kappa shape index (κ2) is 32.1. The van der Waals surface area contributed by atoms with Crippen LogP contribution in [0, 0.1) is 5.92 Å². The van der Waals surface area contributed by atoms with E-state index in [2.05, 4.69) is 31.4 Å². The van der Waals surface area contributed by atoms with Gasteiger partial charge in [-0.25, -0.2) is 4.57 Å². The average molecular weight is 719 g/mol. The predicted molar refractivity (Wildman–Crippen MR) is 192 cm³/mol. The minimum atomic E-state index is -4.64. The van der Waals surface area contributed by atoms with E-state index in [1.54, 1.807) is 12.2 Å². The number of allylic oxidation sites excluding steroid dienone is 4. The molecule has 0 saturated carbocycles. The van der Waals surface area contributed by atoms with E-state index in [1.165, 1.54) is 38.5 Å². The van der Waals surface area contributed by atoms with Crippen molar-refractivity contribution in [2.24, 2.45) is 5.92 Å². The number of phosphoric ester groups is 1. The average Bonchev–Trinajstić information content (AvgIpc) is 3.06. The maximum atomic E-state index is 12.5. The lowest BCUT2D eigenvalue weighted by Gasteiger charge is -2.20. The highest BCUT2D eigenvalue weighted by molar-refractivity contribution is 7.47. The summed E-state index contributed by atoms with van der Waals surface area (Å²) < 4.78 is 32.4. The molecule has 0 aliphatic heterocycles. The van der Waals surface area contributed by atoms with Crippen LogP contribution in [0.5, 0.6) is 0 Å². The summed E-state index contributed by atoms with van der Waals surface area (Å²) in [4.78, 5) is 46.7. The molecule has 3 atom stereocenters. The number of esters is 2. The number of aliphatic hydroxyl groups excluding tert-OH is 2. The van der Waals surface area contributed by atoms with Crippen LogP contribution in [0.3, 0.4) is 0 Å². The minimum absolute atomic E-state index is 0.0982. The van der Waals surface area contributed by atoms with Gasteiger partial charge in [0.25, 0.3) is 0 Å². The molecule has 0 aliphatic carbocycles. The van der Waals surface area contributed by atoms with E-state index >= 15 is 0 Å². The van der Waals surface area contributed by atoms with Gasteiger partial charge in [-0.2, -0.15) is 0 Å². The van der Waals surface area contributed by atoms with Gasteiger partial charge in [-0.1, -0.05) is 116 Å². The highest BCUT2D eigenvalue weighted by Gasteiger charge is 2.27. The Hall–Kier alpha value is -1.88. The maximum Gasteiger partial charge on any atom is 0.472 e. The molecule has 0 bridgehead atoms. The van der Waals surface area contributed by atoms with Crippen molar-refractivity contribution >= 4 is 25.5 Å². The Morgan fingerprint density at radius 3 is 1.90 bits per heavy atom. The topological polar surface area (TPSA) is 166 Å². The summed E-state index contributed by atoms with van der Waals surface area (Å²) in [6.45, 7) is 4.41. The van der Waals surface area contributed by atoms with Crippen molar-refractivity contribution in [1.82, 2.24) is 0 Å². The fourth-order valence-electron chi connectivity index (χ4n) is 4.80. The summed E-state index contributed by atoms with van der Waals surface area (Å²) in [5.41, 5.74) is 0. The van der Waals surface area contributed by atoms with Gasteiger partial charge in [0.05, 0.1) is 19.8 Å². The number of aliphatic hydroxyl groups is 2. The van der Waals surface area contributed by atoms with Crippen molar-refractivity contribution in [2.45, 2.75) is 161 Å². The molecule has 0 heterocycles. The molecule has 1 unspecified atom stereocenters. The highest BCUT2D eigenvalue weighted by atomic mass is 31.2. The van der Waals surface area contributed by atoms with Gasteiger partial charge in [-0.3, -0.25) is 23.4 Å². The third kappa shape index (κ3) is 33.0. The Morgan fingerprint density at radius 2 is 1.29 bits per heavy atom. The van der Waals surface area contributed by atoms with Crippen LogP contribution >= 0.6 is 7.82 Å². The van der Waals surface area contributed by atoms with E-state index in [-0.39, 0.29) is 25.2 Å². The van der Waals surface area contributed by atoms with Gasteiger partial charge in [0.2, 0.25) is 0 Å². The zero-order chi connectivity index (χ0) is 36.6. The summed E-state index contributed by atoms with van der Waals surface area (Å²) in [6, 6.07) is 0. The largest absolute Gasteiger partial charge is 0.472 e. The maximum absolute atomic E-state index is 12.5. The van der Waals surface area contributed by atoms with Crippen LogP contribution in [0.1, 0.15) is 149 Å². The van der Waals surface area contributed by atoms with E-state index in [4.69, 9.17) is 19.1 Å². The molecule has 0 amide bonds. The summed E-state index contributed by atoms with van der Waals surface area (Å²) in [5, 5.41) is 18.2. The van der Waals surface area contributed by atoms with Gasteiger partial charge < -0.3 is 24.6 Å². The molecule has 0 spiro atoms. The van der Waals surface area contributed by atoms with Crippen molar-refractivity contribution in [2.75, 3.05) is 26.4 Å². The van der Waals surface area contributed by atoms with E-state index in [0.717, 1.165) is 63.7 Å². The summed E-state index contributed by atoms with van der Waals surface area (Å²) in [7, 11) is -4.64. The molecule has 0 aromatic heterocycles. The van der Waals surface area contributed by atoms with Crippen LogP contribution in [0.2, 0.25) is 0 Å². The predicted octanol–water partition coefficient (Wildman–Crippen LogP) is 8.09. The molecular weight excluding hydrogens is 651 g/mol. The zero-order valence-corrected chi connectivity index (χ0v) is 31.5. The first-order valence-electron chi connectivity index (χ1n) is 18.6. The number of unbranched alkanes of at least 4 members (excludes halogenated alkanes) is 13. The van der Waals surface area contributed by atoms with E-state index in [1.807, 2.05) is 6.08 Å². The second-order valence-corrected chi connectivity index (χ2v) is 14.6. The standard InChI is InChI=1S/C37H67O11P/c1-4-5-6-7-9-14-19-24-33(39)25-20-15-12-17-22-27-37(42)48-35(31-47-49(43,44)46-29-34(40)28-38)30-45-36(41)26-21-16-11-8-10-13-18-23-32(2)3/h9,14,19,24,32,34-35,38,40H,4-8,10-13,15-18,20-23,25-31H2,1-3H3,(H,43,44)/b14-9-,24-19+/t34-,35+/m0/s1. The number of hydrogen-bond acceptors (Lipinski definition) is 10. The lowest BCUT2D eigenvalue weighted by atomic mass is 10.0. The Balaban J connectivity index is 4.48. The van der Waals surface area contributed by atoms with Crippen molar-refractivity contribution < 1.29 is 52.6 Å². The quantitative estimate of drug-likeness (QED) is 0.0194. The molecule has 0 aliphatic rings. The lowest BCUT2D eigenvalue weighted by Crippen LogP contribution is -2.29. The summed E-state index contributed by atoms with van der Waals surface area (Å²) >= 11 is 0. The Kier molecular flexibility index (Phi) is 30.8. The molecule has 49 heavy (non-hydrogen) atoms. The molecule has 0 aromatic rings. The number of phosphoric acid groups is 1. The Morgan fingerprint density at radius 1 is 0.714 bits per heavy atom. The van der Waals surface area contributed by atoms with Crippen LogP contribution in [0.15, 0.2) is 24.3 Å². The molecular formula is C37H67O11P. The molecule has 0 fully saturated rings. The van der Waals surface area contributed by atoms with E-state index in [0.29, 0.717) is 19.3 Å². The molecule has 11 nitrogen and oxygen atoms in total. The molecule has 286 valence electrons. The number of carbonyl (C=O) groups excluding carboxylic acids is 3. The lowest BCUT2D eigenvalue weighted by molar-refractivity contribution is -0.161. The zero-order valence-electron chi connectivity index (χ0n) is 30.6. The van der Waals surface area contributed by atoms with Gasteiger partial charge in [0.15, 0.2) is 11.9 Å². The first-order valence-corrected chi connectivity index (χ1v) is 20.1. The number of ketones is 1. The fourth-order valence-corrected chi connectivity index (χ4v) is 5.59. The number of carbonyl (C=O) groups is 3. The first-order chi connectivity index (χ1) is 23.5. The second-order valence-electron chi connectivity index (χ2n) is 13.1. The SMILES string of the molecule is CCCCC/C=C\C=C\C(=O)CCCCCCCC(=O)O[C@H](COC(=O)CCCCCCCCCC(C)C)COP(=O)(O)OC[C@@H](O)CO. The van der Waals surface area contributed by atoms with Crippen LogP contribution in [0.4, 0.5) is 0 Å². The monoisotopic (exact) mass is 718 g/mol. The molecule has 0 radical (unpaired) electrons. The van der Waals surface area contributed by atoms with Gasteiger partial charge in [-0.15, -0.1) is 0 Å². The van der Waals surface area contributed by atoms with Crippen molar-refractivity contribution in [3.63, 3.8) is 0 Å². The molecule has 0 aromatic carbocycles. The third-order valence-corrected chi connectivity index (χ3v) is 8.71. The molecule has 3 N–H and O–H groups in total.